The van der Waals surface area contributed by atoms with Gasteiger partial charge in [0.25, 0.3) is 0 Å². The zero-order valence-corrected chi connectivity index (χ0v) is 26.6. The van der Waals surface area contributed by atoms with Crippen LogP contribution in [0.3, 0.4) is 0 Å². The van der Waals surface area contributed by atoms with E-state index in [0.29, 0.717) is 0 Å². The van der Waals surface area contributed by atoms with Gasteiger partial charge in [0.2, 0.25) is 0 Å². The van der Waals surface area contributed by atoms with Crippen molar-refractivity contribution in [1.82, 2.24) is 9.80 Å². The monoisotopic (exact) mass is 677 g/mol. The molecular formula is C28H35Cl2HfN2Si. The number of fused-ring (bicyclic) bond motifs is 2. The molecule has 6 rings (SSSR count). The Morgan fingerprint density at radius 2 is 1.06 bits per heavy atom. The first-order valence-corrected chi connectivity index (χ1v) is 35.2. The summed E-state index contributed by atoms with van der Waals surface area (Å²) < 4.78 is 0.368. The molecule has 0 bridgehead atoms. The Labute approximate surface area is 213 Å². The van der Waals surface area contributed by atoms with Crippen LogP contribution in [0.25, 0.3) is 12.2 Å². The molecule has 2 heterocycles. The number of hydrogen-bond acceptors (Lipinski definition) is 2. The fraction of sp³-hybridized carbons (Fsp3) is 0.429. The topological polar surface area (TPSA) is 6.48 Å². The second-order valence-corrected chi connectivity index (χ2v) is 70.3. The van der Waals surface area contributed by atoms with Gasteiger partial charge in [-0.3, -0.25) is 0 Å². The van der Waals surface area contributed by atoms with Gasteiger partial charge < -0.3 is 0 Å². The summed E-state index contributed by atoms with van der Waals surface area (Å²) in [6.45, 7) is 9.44. The van der Waals surface area contributed by atoms with Crippen molar-refractivity contribution in [3.05, 3.63) is 82.2 Å². The summed E-state index contributed by atoms with van der Waals surface area (Å²) in [5.41, 5.74) is 8.35. The molecule has 4 aliphatic rings. The quantitative estimate of drug-likeness (QED) is 0.306. The van der Waals surface area contributed by atoms with Crippen molar-refractivity contribution >= 4 is 35.3 Å². The molecule has 0 spiro atoms. The van der Waals surface area contributed by atoms with Crippen molar-refractivity contribution < 1.29 is 15.3 Å². The van der Waals surface area contributed by atoms with Crippen molar-refractivity contribution in [1.29, 1.82) is 0 Å². The molecule has 34 heavy (non-hydrogen) atoms. The minimum absolute atomic E-state index is 0.184. The average Bonchev–Trinajstić information content (AvgIpc) is 3.62. The number of rotatable bonds is 5. The Hall–Kier alpha value is -0.813. The average molecular weight is 677 g/mol. The molecule has 0 aromatic heterocycles. The van der Waals surface area contributed by atoms with Crippen LogP contribution in [0.4, 0.5) is 0 Å². The van der Waals surface area contributed by atoms with E-state index in [1.165, 1.54) is 59.3 Å². The maximum atomic E-state index is 8.46. The van der Waals surface area contributed by atoms with Gasteiger partial charge in [-0.1, -0.05) is 0 Å². The van der Waals surface area contributed by atoms with Crippen molar-refractivity contribution in [3.63, 3.8) is 0 Å². The molecule has 2 fully saturated rings. The molecular weight excluding hydrogens is 642 g/mol. The SMILES string of the molecule is C[SiH](C)[Hf]([Cl])([Cl])([CH]1C(N2CCCC2)=Cc2ccccc21)[CH]1C(N2CCCC2)=Cc2ccccc21. The molecule has 0 saturated carbocycles. The van der Waals surface area contributed by atoms with Crippen LogP contribution >= 0.6 is 17.2 Å². The van der Waals surface area contributed by atoms with E-state index < -0.39 is 21.3 Å². The van der Waals surface area contributed by atoms with Crippen LogP contribution in [0.5, 0.6) is 0 Å². The first-order valence-electron chi connectivity index (χ1n) is 13.1. The van der Waals surface area contributed by atoms with Crippen molar-refractivity contribution in [2.45, 2.75) is 46.1 Å². The van der Waals surface area contributed by atoms with E-state index in [1.54, 1.807) is 0 Å². The van der Waals surface area contributed by atoms with Gasteiger partial charge in [0.1, 0.15) is 0 Å². The molecule has 2 aromatic carbocycles. The van der Waals surface area contributed by atoms with Crippen molar-refractivity contribution in [2.24, 2.45) is 0 Å². The number of nitrogens with zero attached hydrogens (tertiary/aromatic N) is 2. The normalized spacial score (nSPS) is 25.3. The molecule has 0 N–H and O–H groups in total. The third-order valence-corrected chi connectivity index (χ3v) is 81.3. The van der Waals surface area contributed by atoms with Crippen molar-refractivity contribution in [2.75, 3.05) is 26.2 Å². The van der Waals surface area contributed by atoms with Gasteiger partial charge in [0.15, 0.2) is 0 Å². The van der Waals surface area contributed by atoms with Crippen LogP contribution in [0, 0.1) is 0 Å². The van der Waals surface area contributed by atoms with Crippen LogP contribution < -0.4 is 0 Å². The third-order valence-electron chi connectivity index (χ3n) is 8.96. The zero-order valence-electron chi connectivity index (χ0n) is 20.3. The fourth-order valence-corrected chi connectivity index (χ4v) is 49.4. The Morgan fingerprint density at radius 1 is 0.676 bits per heavy atom. The summed E-state index contributed by atoms with van der Waals surface area (Å²) in [7, 11) is 16.9. The Kier molecular flexibility index (Phi) is 5.99. The summed E-state index contributed by atoms with van der Waals surface area (Å²) in [4.78, 5) is 5.25. The molecule has 2 saturated heterocycles. The Bertz CT molecular complexity index is 1090. The Morgan fingerprint density at radius 3 is 1.44 bits per heavy atom. The number of likely N-dealkylation sites (tertiary alicyclic amines) is 2. The van der Waals surface area contributed by atoms with Gasteiger partial charge in [-0.15, -0.1) is 0 Å². The number of halogens is 2. The number of allylic oxidation sites excluding steroid dienone is 2. The summed E-state index contributed by atoms with van der Waals surface area (Å²) >= 11 is -4.77. The van der Waals surface area contributed by atoms with E-state index in [2.05, 4.69) is 83.6 Å². The second-order valence-electron chi connectivity index (χ2n) is 11.0. The van der Waals surface area contributed by atoms with Gasteiger partial charge in [0.05, 0.1) is 0 Å². The molecule has 2 atom stereocenters. The molecule has 0 radical (unpaired) electrons. The number of benzene rings is 2. The molecule has 6 heteroatoms. The maximum absolute atomic E-state index is 8.46. The third kappa shape index (κ3) is 3.42. The fourth-order valence-electron chi connectivity index (χ4n) is 7.11. The summed E-state index contributed by atoms with van der Waals surface area (Å²) in [5, 5.41) is 0. The summed E-state index contributed by atoms with van der Waals surface area (Å²) in [6.07, 6.45) is 9.95. The molecule has 2 nitrogen and oxygen atoms in total. The molecule has 179 valence electrons. The first-order chi connectivity index (χ1) is 16.4. The van der Waals surface area contributed by atoms with Crippen LogP contribution in [0.15, 0.2) is 59.9 Å². The predicted molar refractivity (Wildman–Crippen MR) is 147 cm³/mol. The second kappa shape index (κ2) is 8.64. The van der Waals surface area contributed by atoms with Crippen LogP contribution in [0.1, 0.15) is 55.3 Å². The van der Waals surface area contributed by atoms with E-state index >= 15 is 0 Å². The first kappa shape index (κ1) is 23.6. The predicted octanol–water partition coefficient (Wildman–Crippen LogP) is 7.35. The molecule has 2 aliphatic carbocycles. The minimum atomic E-state index is -4.77. The number of hydrogen-bond donors (Lipinski definition) is 0. The van der Waals surface area contributed by atoms with Crippen LogP contribution in [-0.2, 0) is 15.3 Å². The van der Waals surface area contributed by atoms with E-state index in [-0.39, 0.29) is 7.35 Å². The van der Waals surface area contributed by atoms with Gasteiger partial charge in [-0.25, -0.2) is 0 Å². The zero-order chi connectivity index (χ0) is 23.5. The van der Waals surface area contributed by atoms with Gasteiger partial charge >= 0.3 is 215 Å². The standard InChI is InChI=1S/2C13H14N.C2H7Si.2ClH.Hf/c2*1-2-6-12-10-13(9-11(12)5-1)14-7-3-4-8-14;1-3-2;;;/h2*1-2,5-6,9-10H,3-4,7-8H2;3H,1-2H3;2*1H;/q;;;;;+2/p-2. The molecule has 2 aromatic rings. The van der Waals surface area contributed by atoms with Gasteiger partial charge in [-0.2, -0.15) is 0 Å². The van der Waals surface area contributed by atoms with Crippen LogP contribution in [0.2, 0.25) is 13.1 Å². The van der Waals surface area contributed by atoms with E-state index in [4.69, 9.17) is 17.2 Å². The summed E-state index contributed by atoms with van der Waals surface area (Å²) in [5.74, 6) is -1.49. The Balaban J connectivity index is 1.58. The molecule has 2 aliphatic heterocycles. The summed E-state index contributed by atoms with van der Waals surface area (Å²) in [6, 6.07) is 17.9. The van der Waals surface area contributed by atoms with Gasteiger partial charge in [0, 0.05) is 0 Å². The van der Waals surface area contributed by atoms with E-state index in [1.807, 2.05) is 0 Å². The van der Waals surface area contributed by atoms with E-state index in [0.717, 1.165) is 26.2 Å². The molecule has 0 amide bonds. The van der Waals surface area contributed by atoms with Crippen LogP contribution in [-0.4, -0.2) is 42.0 Å². The van der Waals surface area contributed by atoms with E-state index in [9.17, 15) is 0 Å². The van der Waals surface area contributed by atoms with Gasteiger partial charge in [-0.05, 0) is 0 Å². The molecule has 2 unspecified atom stereocenters. The van der Waals surface area contributed by atoms with Crippen molar-refractivity contribution in [3.8, 4) is 0 Å².